The summed E-state index contributed by atoms with van der Waals surface area (Å²) in [6.07, 6.45) is 0. The highest BCUT2D eigenvalue weighted by molar-refractivity contribution is 7.13. The molecule has 1 aromatic heterocycles. The molecule has 2 aromatic rings. The van der Waals surface area contributed by atoms with Crippen LogP contribution in [0.3, 0.4) is 0 Å². The highest BCUT2D eigenvalue weighted by Crippen LogP contribution is 2.26. The molecule has 0 unspecified atom stereocenters. The monoisotopic (exact) mass is 333 g/mol. The molecule has 0 amide bonds. The van der Waals surface area contributed by atoms with Gasteiger partial charge >= 0.3 is 0 Å². The van der Waals surface area contributed by atoms with Crippen molar-refractivity contribution in [3.8, 4) is 11.5 Å². The quantitative estimate of drug-likeness (QED) is 0.841. The lowest BCUT2D eigenvalue weighted by atomic mass is 10.1. The molecule has 23 heavy (non-hydrogen) atoms. The predicted octanol–water partition coefficient (Wildman–Crippen LogP) is 2.79. The van der Waals surface area contributed by atoms with Crippen molar-refractivity contribution in [3.63, 3.8) is 0 Å². The zero-order valence-corrected chi connectivity index (χ0v) is 14.7. The smallest absolute Gasteiger partial charge is 0.185 e. The summed E-state index contributed by atoms with van der Waals surface area (Å²) in [5.74, 6) is 1.79. The lowest BCUT2D eigenvalue weighted by Crippen LogP contribution is -2.46. The molecule has 0 radical (unpaired) electrons. The minimum absolute atomic E-state index is 0.873. The minimum Gasteiger partial charge on any atom is -0.497 e. The molecule has 0 spiro atoms. The van der Waals surface area contributed by atoms with Gasteiger partial charge in [-0.05, 0) is 25.1 Å². The van der Waals surface area contributed by atoms with Crippen molar-refractivity contribution in [1.82, 2.24) is 9.88 Å². The maximum Gasteiger partial charge on any atom is 0.185 e. The Morgan fingerprint density at radius 1 is 1.13 bits per heavy atom. The average molecular weight is 333 g/mol. The summed E-state index contributed by atoms with van der Waals surface area (Å²) in [6, 6.07) is 5.98. The van der Waals surface area contributed by atoms with Gasteiger partial charge in [-0.15, -0.1) is 11.3 Å². The maximum absolute atomic E-state index is 5.48. The van der Waals surface area contributed by atoms with E-state index in [2.05, 4.69) is 26.2 Å². The molecule has 1 aliphatic heterocycles. The summed E-state index contributed by atoms with van der Waals surface area (Å²) < 4.78 is 10.8. The number of rotatable bonds is 5. The van der Waals surface area contributed by atoms with Crippen molar-refractivity contribution < 1.29 is 9.47 Å². The van der Waals surface area contributed by atoms with Crippen molar-refractivity contribution in [2.24, 2.45) is 0 Å². The number of aryl methyl sites for hydroxylation is 1. The number of piperazine rings is 1. The van der Waals surface area contributed by atoms with Gasteiger partial charge in [0.15, 0.2) is 5.13 Å². The van der Waals surface area contributed by atoms with Gasteiger partial charge in [0.1, 0.15) is 11.5 Å². The Kier molecular flexibility index (Phi) is 5.03. The van der Waals surface area contributed by atoms with Crippen LogP contribution in [0.25, 0.3) is 0 Å². The maximum atomic E-state index is 5.48. The van der Waals surface area contributed by atoms with Crippen LogP contribution in [-0.2, 0) is 6.54 Å². The molecule has 0 bridgehead atoms. The number of thiazole rings is 1. The van der Waals surface area contributed by atoms with Gasteiger partial charge in [0, 0.05) is 43.7 Å². The molecule has 3 rings (SSSR count). The fourth-order valence-corrected chi connectivity index (χ4v) is 3.69. The van der Waals surface area contributed by atoms with E-state index < -0.39 is 0 Å². The van der Waals surface area contributed by atoms with Crippen LogP contribution in [0.5, 0.6) is 11.5 Å². The van der Waals surface area contributed by atoms with Crippen LogP contribution in [0.15, 0.2) is 23.6 Å². The number of hydrogen-bond acceptors (Lipinski definition) is 6. The molecule has 1 saturated heterocycles. The summed E-state index contributed by atoms with van der Waals surface area (Å²) in [7, 11) is 3.41. The largest absolute Gasteiger partial charge is 0.497 e. The van der Waals surface area contributed by atoms with E-state index in [0.717, 1.165) is 55.0 Å². The van der Waals surface area contributed by atoms with Crippen molar-refractivity contribution in [2.45, 2.75) is 13.5 Å². The third-order valence-corrected chi connectivity index (χ3v) is 5.15. The van der Waals surface area contributed by atoms with E-state index in [1.807, 2.05) is 19.1 Å². The number of hydrogen-bond donors (Lipinski definition) is 0. The van der Waals surface area contributed by atoms with Gasteiger partial charge < -0.3 is 14.4 Å². The highest BCUT2D eigenvalue weighted by Gasteiger charge is 2.20. The van der Waals surface area contributed by atoms with Gasteiger partial charge in [-0.1, -0.05) is 0 Å². The number of ether oxygens (including phenoxy) is 2. The first-order chi connectivity index (χ1) is 11.2. The Morgan fingerprint density at radius 3 is 2.52 bits per heavy atom. The lowest BCUT2D eigenvalue weighted by molar-refractivity contribution is 0.245. The molecule has 5 nitrogen and oxygen atoms in total. The molecule has 0 atom stereocenters. The van der Waals surface area contributed by atoms with E-state index >= 15 is 0 Å². The molecule has 0 N–H and O–H groups in total. The number of methoxy groups -OCH3 is 2. The summed E-state index contributed by atoms with van der Waals surface area (Å²) in [4.78, 5) is 9.41. The fourth-order valence-electron chi connectivity index (χ4n) is 2.83. The molecule has 6 heteroatoms. The second kappa shape index (κ2) is 7.19. The van der Waals surface area contributed by atoms with E-state index in [9.17, 15) is 0 Å². The Morgan fingerprint density at radius 2 is 1.91 bits per heavy atom. The van der Waals surface area contributed by atoms with Crippen LogP contribution in [0.4, 0.5) is 5.13 Å². The molecule has 1 aromatic carbocycles. The number of nitrogens with zero attached hydrogens (tertiary/aromatic N) is 3. The summed E-state index contributed by atoms with van der Waals surface area (Å²) in [6.45, 7) is 7.01. The molecular weight excluding hydrogens is 310 g/mol. The van der Waals surface area contributed by atoms with Crippen molar-refractivity contribution in [1.29, 1.82) is 0 Å². The summed E-state index contributed by atoms with van der Waals surface area (Å²) >= 11 is 1.73. The third kappa shape index (κ3) is 3.76. The van der Waals surface area contributed by atoms with Crippen molar-refractivity contribution in [3.05, 3.63) is 34.8 Å². The van der Waals surface area contributed by atoms with Crippen LogP contribution in [-0.4, -0.2) is 50.3 Å². The van der Waals surface area contributed by atoms with E-state index in [4.69, 9.17) is 9.47 Å². The van der Waals surface area contributed by atoms with Crippen molar-refractivity contribution >= 4 is 16.5 Å². The Hall–Kier alpha value is -1.79. The van der Waals surface area contributed by atoms with E-state index in [0.29, 0.717) is 0 Å². The molecule has 1 fully saturated rings. The van der Waals surface area contributed by atoms with Gasteiger partial charge in [-0.25, -0.2) is 4.98 Å². The van der Waals surface area contributed by atoms with Crippen LogP contribution in [0.2, 0.25) is 0 Å². The first-order valence-corrected chi connectivity index (χ1v) is 8.68. The molecule has 124 valence electrons. The van der Waals surface area contributed by atoms with Crippen LogP contribution in [0.1, 0.15) is 11.3 Å². The first kappa shape index (κ1) is 16.1. The zero-order chi connectivity index (χ0) is 16.2. The van der Waals surface area contributed by atoms with E-state index in [-0.39, 0.29) is 0 Å². The second-order valence-corrected chi connectivity index (χ2v) is 6.55. The second-order valence-electron chi connectivity index (χ2n) is 5.71. The highest BCUT2D eigenvalue weighted by atomic mass is 32.1. The number of benzene rings is 1. The third-order valence-electron chi connectivity index (χ3n) is 4.13. The number of aromatic nitrogens is 1. The van der Waals surface area contributed by atoms with E-state index in [1.165, 1.54) is 5.56 Å². The average Bonchev–Trinajstić information content (AvgIpc) is 3.02. The Bertz CT molecular complexity index is 651. The minimum atomic E-state index is 0.873. The molecule has 1 aliphatic rings. The molecule has 2 heterocycles. The van der Waals surface area contributed by atoms with Gasteiger partial charge in [-0.3, -0.25) is 4.90 Å². The SMILES string of the molecule is COc1ccc(OC)c(CN2CCN(c3nc(C)cs3)CC2)c1. The number of anilines is 1. The first-order valence-electron chi connectivity index (χ1n) is 7.80. The standard InChI is InChI=1S/C17H23N3O2S/c1-13-12-23-17(18-13)20-8-6-19(7-9-20)11-14-10-15(21-2)4-5-16(14)22-3/h4-5,10,12H,6-9,11H2,1-3H3. The summed E-state index contributed by atoms with van der Waals surface area (Å²) in [5.41, 5.74) is 2.28. The molecule has 0 aliphatic carbocycles. The predicted molar refractivity (Wildman–Crippen MR) is 93.9 cm³/mol. The Labute approximate surface area is 141 Å². The summed E-state index contributed by atoms with van der Waals surface area (Å²) in [5, 5.41) is 3.25. The van der Waals surface area contributed by atoms with Crippen LogP contribution < -0.4 is 14.4 Å². The van der Waals surface area contributed by atoms with Gasteiger partial charge in [0.2, 0.25) is 0 Å². The van der Waals surface area contributed by atoms with Gasteiger partial charge in [0.05, 0.1) is 19.9 Å². The molecule has 0 saturated carbocycles. The topological polar surface area (TPSA) is 37.8 Å². The molecular formula is C17H23N3O2S. The van der Waals surface area contributed by atoms with Crippen molar-refractivity contribution in [2.75, 3.05) is 45.3 Å². The van der Waals surface area contributed by atoms with Gasteiger partial charge in [0.25, 0.3) is 0 Å². The Balaban J connectivity index is 1.62. The van der Waals surface area contributed by atoms with Gasteiger partial charge in [-0.2, -0.15) is 0 Å². The van der Waals surface area contributed by atoms with Crippen LogP contribution >= 0.6 is 11.3 Å². The fraction of sp³-hybridized carbons (Fsp3) is 0.471. The zero-order valence-electron chi connectivity index (χ0n) is 13.9. The van der Waals surface area contributed by atoms with Crippen LogP contribution in [0, 0.1) is 6.92 Å². The normalized spacial score (nSPS) is 15.7. The van der Waals surface area contributed by atoms with E-state index in [1.54, 1.807) is 25.6 Å². The lowest BCUT2D eigenvalue weighted by Gasteiger charge is -2.34.